The van der Waals surface area contributed by atoms with Gasteiger partial charge < -0.3 is 9.84 Å². The Balaban J connectivity index is 2.09. The topological polar surface area (TPSA) is 46.5 Å². The SMILES string of the molecule is C[C@@H]1C[C@H]2[C@@H](C(=O)O)CCC[C@H]2O1. The number of ether oxygens (including phenoxy) is 1. The third-order valence-corrected chi connectivity index (χ3v) is 3.33. The van der Waals surface area contributed by atoms with E-state index in [-0.39, 0.29) is 24.0 Å². The van der Waals surface area contributed by atoms with Gasteiger partial charge in [0, 0.05) is 5.92 Å². The first kappa shape index (κ1) is 9.00. The quantitative estimate of drug-likeness (QED) is 0.674. The molecule has 2 rings (SSSR count). The molecule has 2 aliphatic rings. The Labute approximate surface area is 78.1 Å². The van der Waals surface area contributed by atoms with Crippen LogP contribution in [0.15, 0.2) is 0 Å². The van der Waals surface area contributed by atoms with Crippen LogP contribution in [0, 0.1) is 11.8 Å². The van der Waals surface area contributed by atoms with E-state index in [4.69, 9.17) is 9.84 Å². The Morgan fingerprint density at radius 3 is 2.92 bits per heavy atom. The lowest BCUT2D eigenvalue weighted by Crippen LogP contribution is -2.33. The summed E-state index contributed by atoms with van der Waals surface area (Å²) in [5.41, 5.74) is 0. The van der Waals surface area contributed by atoms with Crippen molar-refractivity contribution in [2.75, 3.05) is 0 Å². The van der Waals surface area contributed by atoms with Gasteiger partial charge in [-0.3, -0.25) is 4.79 Å². The smallest absolute Gasteiger partial charge is 0.306 e. The molecule has 1 saturated carbocycles. The van der Waals surface area contributed by atoms with Gasteiger partial charge in [-0.25, -0.2) is 0 Å². The number of rotatable bonds is 1. The van der Waals surface area contributed by atoms with E-state index in [1.54, 1.807) is 0 Å². The van der Waals surface area contributed by atoms with Crippen molar-refractivity contribution >= 4 is 5.97 Å². The van der Waals surface area contributed by atoms with Crippen LogP contribution in [0.25, 0.3) is 0 Å². The number of carboxylic acid groups (broad SMARTS) is 1. The lowest BCUT2D eigenvalue weighted by atomic mass is 9.76. The number of fused-ring (bicyclic) bond motifs is 1. The summed E-state index contributed by atoms with van der Waals surface area (Å²) in [4.78, 5) is 10.9. The molecule has 13 heavy (non-hydrogen) atoms. The molecule has 3 nitrogen and oxygen atoms in total. The fourth-order valence-electron chi connectivity index (χ4n) is 2.76. The van der Waals surface area contributed by atoms with Gasteiger partial charge in [0.1, 0.15) is 0 Å². The van der Waals surface area contributed by atoms with Gasteiger partial charge in [-0.15, -0.1) is 0 Å². The monoisotopic (exact) mass is 184 g/mol. The third kappa shape index (κ3) is 1.57. The van der Waals surface area contributed by atoms with Gasteiger partial charge in [-0.2, -0.15) is 0 Å². The normalized spacial score (nSPS) is 44.4. The van der Waals surface area contributed by atoms with Gasteiger partial charge in [0.2, 0.25) is 0 Å². The predicted octanol–water partition coefficient (Wildman–Crippen LogP) is 1.66. The van der Waals surface area contributed by atoms with E-state index in [0.29, 0.717) is 0 Å². The number of carbonyl (C=O) groups is 1. The molecule has 74 valence electrons. The molecule has 0 aromatic rings. The zero-order valence-corrected chi connectivity index (χ0v) is 7.90. The number of hydrogen-bond acceptors (Lipinski definition) is 2. The summed E-state index contributed by atoms with van der Waals surface area (Å²) < 4.78 is 5.68. The van der Waals surface area contributed by atoms with Crippen LogP contribution >= 0.6 is 0 Å². The Morgan fingerprint density at radius 2 is 2.23 bits per heavy atom. The Kier molecular flexibility index (Phi) is 2.28. The van der Waals surface area contributed by atoms with Crippen molar-refractivity contribution in [3.8, 4) is 0 Å². The predicted molar refractivity (Wildman–Crippen MR) is 47.4 cm³/mol. The minimum absolute atomic E-state index is 0.149. The highest BCUT2D eigenvalue weighted by atomic mass is 16.5. The van der Waals surface area contributed by atoms with Crippen LogP contribution in [-0.4, -0.2) is 23.3 Å². The summed E-state index contributed by atoms with van der Waals surface area (Å²) in [5.74, 6) is -0.502. The Hall–Kier alpha value is -0.570. The first-order valence-electron chi connectivity index (χ1n) is 5.06. The van der Waals surface area contributed by atoms with Gasteiger partial charge in [-0.05, 0) is 32.6 Å². The Morgan fingerprint density at radius 1 is 1.46 bits per heavy atom. The Bertz CT molecular complexity index is 214. The van der Waals surface area contributed by atoms with Gasteiger partial charge >= 0.3 is 5.97 Å². The summed E-state index contributed by atoms with van der Waals surface area (Å²) in [5, 5.41) is 9.02. The summed E-state index contributed by atoms with van der Waals surface area (Å²) in [6.45, 7) is 2.04. The molecule has 1 aliphatic carbocycles. The van der Waals surface area contributed by atoms with Crippen molar-refractivity contribution < 1.29 is 14.6 Å². The molecule has 1 aliphatic heterocycles. The maximum atomic E-state index is 10.9. The zero-order chi connectivity index (χ0) is 9.42. The fourth-order valence-corrected chi connectivity index (χ4v) is 2.76. The molecule has 0 unspecified atom stereocenters. The van der Waals surface area contributed by atoms with E-state index in [0.717, 1.165) is 25.7 Å². The van der Waals surface area contributed by atoms with Crippen molar-refractivity contribution in [2.45, 2.75) is 44.8 Å². The van der Waals surface area contributed by atoms with Gasteiger partial charge in [0.25, 0.3) is 0 Å². The highest BCUT2D eigenvalue weighted by Crippen LogP contribution is 2.41. The third-order valence-electron chi connectivity index (χ3n) is 3.33. The molecule has 1 N–H and O–H groups in total. The van der Waals surface area contributed by atoms with Crippen molar-refractivity contribution in [2.24, 2.45) is 11.8 Å². The molecule has 0 aromatic carbocycles. The second kappa shape index (κ2) is 3.29. The highest BCUT2D eigenvalue weighted by molar-refractivity contribution is 5.70. The zero-order valence-electron chi connectivity index (χ0n) is 7.90. The number of carboxylic acids is 1. The van der Waals surface area contributed by atoms with Crippen LogP contribution in [-0.2, 0) is 9.53 Å². The van der Waals surface area contributed by atoms with Crippen molar-refractivity contribution in [1.82, 2.24) is 0 Å². The molecule has 4 atom stereocenters. The average molecular weight is 184 g/mol. The van der Waals surface area contributed by atoms with Crippen molar-refractivity contribution in [3.05, 3.63) is 0 Å². The maximum Gasteiger partial charge on any atom is 0.306 e. The molecule has 0 spiro atoms. The van der Waals surface area contributed by atoms with Crippen LogP contribution in [0.4, 0.5) is 0 Å². The number of hydrogen-bond donors (Lipinski definition) is 1. The molecular weight excluding hydrogens is 168 g/mol. The molecule has 0 radical (unpaired) electrons. The average Bonchev–Trinajstić information content (AvgIpc) is 2.43. The molecule has 0 amide bonds. The fraction of sp³-hybridized carbons (Fsp3) is 0.900. The van der Waals surface area contributed by atoms with Crippen molar-refractivity contribution in [3.63, 3.8) is 0 Å². The van der Waals surface area contributed by atoms with Gasteiger partial charge in [0.05, 0.1) is 18.1 Å². The van der Waals surface area contributed by atoms with E-state index in [2.05, 4.69) is 0 Å². The van der Waals surface area contributed by atoms with Crippen LogP contribution < -0.4 is 0 Å². The molecule has 0 bridgehead atoms. The highest BCUT2D eigenvalue weighted by Gasteiger charge is 2.43. The summed E-state index contributed by atoms with van der Waals surface area (Å²) in [6, 6.07) is 0. The summed E-state index contributed by atoms with van der Waals surface area (Å²) >= 11 is 0. The molecule has 3 heteroatoms. The van der Waals surface area contributed by atoms with E-state index >= 15 is 0 Å². The number of aliphatic carboxylic acids is 1. The first-order chi connectivity index (χ1) is 6.18. The van der Waals surface area contributed by atoms with Gasteiger partial charge in [0.15, 0.2) is 0 Å². The van der Waals surface area contributed by atoms with Crippen LogP contribution in [0.1, 0.15) is 32.6 Å². The van der Waals surface area contributed by atoms with E-state index in [1.807, 2.05) is 6.92 Å². The largest absolute Gasteiger partial charge is 0.481 e. The summed E-state index contributed by atoms with van der Waals surface area (Å²) in [7, 11) is 0. The minimum atomic E-state index is -0.632. The van der Waals surface area contributed by atoms with Crippen molar-refractivity contribution in [1.29, 1.82) is 0 Å². The summed E-state index contributed by atoms with van der Waals surface area (Å²) in [6.07, 6.45) is 4.32. The van der Waals surface area contributed by atoms with Crippen LogP contribution in [0.3, 0.4) is 0 Å². The van der Waals surface area contributed by atoms with E-state index < -0.39 is 5.97 Å². The molecule has 2 fully saturated rings. The molecule has 1 heterocycles. The molecule has 0 aromatic heterocycles. The second-order valence-electron chi connectivity index (χ2n) is 4.26. The second-order valence-corrected chi connectivity index (χ2v) is 4.26. The van der Waals surface area contributed by atoms with E-state index in [1.165, 1.54) is 0 Å². The molecular formula is C10H16O3. The van der Waals surface area contributed by atoms with Gasteiger partial charge in [-0.1, -0.05) is 0 Å². The maximum absolute atomic E-state index is 10.9. The van der Waals surface area contributed by atoms with Crippen LogP contribution in [0.2, 0.25) is 0 Å². The standard InChI is InChI=1S/C10H16O3/c1-6-5-8-7(10(11)12)3-2-4-9(8)13-6/h6-9H,2-5H2,1H3,(H,11,12)/t6-,7+,8+,9-/m1/s1. The molecule has 1 saturated heterocycles. The van der Waals surface area contributed by atoms with E-state index in [9.17, 15) is 4.79 Å². The lowest BCUT2D eigenvalue weighted by molar-refractivity contribution is -0.146. The first-order valence-corrected chi connectivity index (χ1v) is 5.06. The van der Waals surface area contributed by atoms with Crippen LogP contribution in [0.5, 0.6) is 0 Å². The lowest BCUT2D eigenvalue weighted by Gasteiger charge is -2.29. The minimum Gasteiger partial charge on any atom is -0.481 e.